The van der Waals surface area contributed by atoms with E-state index in [1.807, 2.05) is 55.6 Å². The number of ether oxygens (including phenoxy) is 1. The Morgan fingerprint density at radius 3 is 2.57 bits per heavy atom. The number of halogens is 1. The lowest BCUT2D eigenvalue weighted by atomic mass is 10.0. The van der Waals surface area contributed by atoms with Crippen LogP contribution in [0.15, 0.2) is 59.9 Å². The van der Waals surface area contributed by atoms with Gasteiger partial charge in [-0.3, -0.25) is 4.79 Å². The molecule has 0 aliphatic carbocycles. The number of aromatic nitrogens is 1. The predicted octanol–water partition coefficient (Wildman–Crippen LogP) is 5.07. The molecule has 0 amide bonds. The van der Waals surface area contributed by atoms with Crippen LogP contribution in [0.25, 0.3) is 10.9 Å². The molecule has 0 aliphatic heterocycles. The summed E-state index contributed by atoms with van der Waals surface area (Å²) in [4.78, 5) is 15.4. The van der Waals surface area contributed by atoms with Gasteiger partial charge in [0.15, 0.2) is 5.78 Å². The fraction of sp³-hybridized carbons (Fsp3) is 0.261. The molecule has 0 unspecified atom stereocenters. The molecular weight excluding hydrogens is 372 g/mol. The van der Waals surface area contributed by atoms with Crippen molar-refractivity contribution >= 4 is 28.3 Å². The third-order valence-electron chi connectivity index (χ3n) is 4.93. The van der Waals surface area contributed by atoms with E-state index in [-0.39, 0.29) is 5.78 Å². The number of Topliss-reactive ketones (excluding diaryl/α,β-unsaturated/α-hetero) is 1. The second-order valence-corrected chi connectivity index (χ2v) is 7.30. The minimum absolute atomic E-state index is 0.0804. The Labute approximate surface area is 170 Å². The van der Waals surface area contributed by atoms with Gasteiger partial charge in [-0.1, -0.05) is 23.7 Å². The van der Waals surface area contributed by atoms with Crippen LogP contribution in [-0.2, 0) is 17.6 Å². The van der Waals surface area contributed by atoms with Crippen molar-refractivity contribution in [2.24, 2.45) is 0 Å². The molecular formula is C23H25ClN2O2. The van der Waals surface area contributed by atoms with Crippen molar-refractivity contribution in [3.8, 4) is 5.75 Å². The van der Waals surface area contributed by atoms with E-state index in [1.165, 1.54) is 5.56 Å². The Kier molecular flexibility index (Phi) is 6.42. The fourth-order valence-electron chi connectivity index (χ4n) is 3.31. The van der Waals surface area contributed by atoms with Crippen LogP contribution in [0.1, 0.15) is 25.0 Å². The lowest BCUT2D eigenvalue weighted by Gasteiger charge is -2.13. The highest BCUT2D eigenvalue weighted by atomic mass is 35.5. The Balaban J connectivity index is 1.69. The zero-order chi connectivity index (χ0) is 20.1. The number of aromatic amines is 1. The summed E-state index contributed by atoms with van der Waals surface area (Å²) >= 11 is 5.95. The summed E-state index contributed by atoms with van der Waals surface area (Å²) in [5, 5.41) is 5.27. The van der Waals surface area contributed by atoms with Crippen molar-refractivity contribution in [2.75, 3.05) is 13.7 Å². The molecule has 5 heteroatoms. The predicted molar refractivity (Wildman–Crippen MR) is 115 cm³/mol. The normalized spacial score (nSPS) is 12.0. The first kappa shape index (κ1) is 20.0. The van der Waals surface area contributed by atoms with Crippen molar-refractivity contribution < 1.29 is 9.53 Å². The van der Waals surface area contributed by atoms with Gasteiger partial charge in [0.25, 0.3) is 0 Å². The number of ketones is 1. The smallest absolute Gasteiger partial charge is 0.157 e. The summed E-state index contributed by atoms with van der Waals surface area (Å²) < 4.78 is 5.33. The minimum atomic E-state index is 0.0804. The highest BCUT2D eigenvalue weighted by molar-refractivity contribution is 6.30. The zero-order valence-corrected chi connectivity index (χ0v) is 17.2. The van der Waals surface area contributed by atoms with Gasteiger partial charge in [-0.25, -0.2) is 0 Å². The number of H-pyrrole nitrogens is 1. The van der Waals surface area contributed by atoms with Crippen LogP contribution < -0.4 is 10.1 Å². The molecule has 0 saturated carbocycles. The largest absolute Gasteiger partial charge is 0.497 e. The van der Waals surface area contributed by atoms with Crippen LogP contribution in [0.3, 0.4) is 0 Å². The van der Waals surface area contributed by atoms with E-state index < -0.39 is 0 Å². The lowest BCUT2D eigenvalue weighted by molar-refractivity contribution is -0.113. The number of fused-ring (bicyclic) bond motifs is 1. The SMILES string of the molecule is COc1ccc2[nH]cc(CCNC(C)=C(Cc3ccc(Cl)cc3)C(C)=O)c2c1. The summed E-state index contributed by atoms with van der Waals surface area (Å²) in [6, 6.07) is 13.6. The fourth-order valence-corrected chi connectivity index (χ4v) is 3.44. The molecule has 0 radical (unpaired) electrons. The third-order valence-corrected chi connectivity index (χ3v) is 5.18. The van der Waals surface area contributed by atoms with E-state index in [0.717, 1.165) is 46.5 Å². The van der Waals surface area contributed by atoms with E-state index >= 15 is 0 Å². The monoisotopic (exact) mass is 396 g/mol. The minimum Gasteiger partial charge on any atom is -0.497 e. The first-order valence-corrected chi connectivity index (χ1v) is 9.68. The van der Waals surface area contributed by atoms with Crippen LogP contribution in [0.5, 0.6) is 5.75 Å². The standard InChI is InChI=1S/C23H25ClN2O2/c1-15(21(16(2)27)12-17-4-6-19(24)7-5-17)25-11-10-18-14-26-23-9-8-20(28-3)13-22(18)23/h4-9,13-14,25-26H,10-12H2,1-3H3. The lowest BCUT2D eigenvalue weighted by Crippen LogP contribution is -2.19. The maximum atomic E-state index is 12.2. The van der Waals surface area contributed by atoms with Crippen molar-refractivity contribution in [3.63, 3.8) is 0 Å². The second kappa shape index (κ2) is 8.98. The molecule has 0 fully saturated rings. The highest BCUT2D eigenvalue weighted by Gasteiger charge is 2.11. The van der Waals surface area contributed by atoms with Crippen LogP contribution in [0.2, 0.25) is 5.02 Å². The van der Waals surface area contributed by atoms with E-state index in [1.54, 1.807) is 14.0 Å². The van der Waals surface area contributed by atoms with Gasteiger partial charge >= 0.3 is 0 Å². The quantitative estimate of drug-likeness (QED) is 0.523. The Morgan fingerprint density at radius 2 is 1.89 bits per heavy atom. The molecule has 1 aromatic heterocycles. The molecule has 0 saturated heterocycles. The first-order valence-electron chi connectivity index (χ1n) is 9.31. The number of hydrogen-bond donors (Lipinski definition) is 2. The van der Waals surface area contributed by atoms with Crippen LogP contribution in [0.4, 0.5) is 0 Å². The molecule has 2 aromatic carbocycles. The molecule has 0 spiro atoms. The summed E-state index contributed by atoms with van der Waals surface area (Å²) in [5.74, 6) is 0.927. The van der Waals surface area contributed by atoms with Crippen LogP contribution in [-0.4, -0.2) is 24.4 Å². The van der Waals surface area contributed by atoms with Gasteiger partial charge in [-0.15, -0.1) is 0 Å². The molecule has 28 heavy (non-hydrogen) atoms. The Morgan fingerprint density at radius 1 is 1.14 bits per heavy atom. The number of rotatable bonds is 8. The van der Waals surface area contributed by atoms with Gasteiger partial charge in [0.2, 0.25) is 0 Å². The Bertz CT molecular complexity index is 1000. The summed E-state index contributed by atoms with van der Waals surface area (Å²) in [6.45, 7) is 4.32. The molecule has 1 heterocycles. The van der Waals surface area contributed by atoms with Gasteiger partial charge in [0.05, 0.1) is 7.11 Å². The van der Waals surface area contributed by atoms with Crippen molar-refractivity contribution in [2.45, 2.75) is 26.7 Å². The number of benzene rings is 2. The maximum absolute atomic E-state index is 12.2. The summed E-state index contributed by atoms with van der Waals surface area (Å²) in [7, 11) is 1.67. The zero-order valence-electron chi connectivity index (χ0n) is 16.4. The van der Waals surface area contributed by atoms with Gasteiger partial charge < -0.3 is 15.0 Å². The number of nitrogens with one attached hydrogen (secondary N) is 2. The average molecular weight is 397 g/mol. The van der Waals surface area contributed by atoms with Crippen molar-refractivity contribution in [1.29, 1.82) is 0 Å². The van der Waals surface area contributed by atoms with Gasteiger partial charge in [-0.05, 0) is 61.7 Å². The van der Waals surface area contributed by atoms with E-state index in [9.17, 15) is 4.79 Å². The number of methoxy groups -OCH3 is 1. The molecule has 0 bridgehead atoms. The number of allylic oxidation sites excluding steroid dienone is 2. The molecule has 2 N–H and O–H groups in total. The molecule has 146 valence electrons. The third kappa shape index (κ3) is 4.76. The van der Waals surface area contributed by atoms with E-state index in [4.69, 9.17) is 16.3 Å². The molecule has 3 aromatic rings. The van der Waals surface area contributed by atoms with Crippen molar-refractivity contribution in [1.82, 2.24) is 10.3 Å². The Hall–Kier alpha value is -2.72. The number of carbonyl (C=O) groups is 1. The molecule has 4 nitrogen and oxygen atoms in total. The van der Waals surface area contributed by atoms with Gasteiger partial charge in [0, 0.05) is 46.4 Å². The van der Waals surface area contributed by atoms with Crippen LogP contribution in [0, 0.1) is 0 Å². The summed E-state index contributed by atoms with van der Waals surface area (Å²) in [6.07, 6.45) is 3.47. The number of carbonyl (C=O) groups excluding carboxylic acids is 1. The van der Waals surface area contributed by atoms with Gasteiger partial charge in [0.1, 0.15) is 5.75 Å². The number of hydrogen-bond acceptors (Lipinski definition) is 3. The maximum Gasteiger partial charge on any atom is 0.157 e. The molecule has 0 atom stereocenters. The second-order valence-electron chi connectivity index (χ2n) is 6.87. The average Bonchev–Trinajstić information content (AvgIpc) is 3.09. The van der Waals surface area contributed by atoms with Crippen LogP contribution >= 0.6 is 11.6 Å². The topological polar surface area (TPSA) is 54.1 Å². The first-order chi connectivity index (χ1) is 13.5. The van der Waals surface area contributed by atoms with Crippen molar-refractivity contribution in [3.05, 3.63) is 76.1 Å². The van der Waals surface area contributed by atoms with Gasteiger partial charge in [-0.2, -0.15) is 0 Å². The molecule has 0 aliphatic rings. The summed E-state index contributed by atoms with van der Waals surface area (Å²) in [5.41, 5.74) is 5.09. The molecule has 3 rings (SSSR count). The highest BCUT2D eigenvalue weighted by Crippen LogP contribution is 2.24. The van der Waals surface area contributed by atoms with E-state index in [2.05, 4.69) is 10.3 Å². The van der Waals surface area contributed by atoms with E-state index in [0.29, 0.717) is 11.4 Å².